The Morgan fingerprint density at radius 2 is 2.13 bits per heavy atom. The molecule has 1 amide bonds. The van der Waals surface area contributed by atoms with Gasteiger partial charge in [-0.15, -0.1) is 0 Å². The van der Waals surface area contributed by atoms with Crippen LogP contribution in [0.5, 0.6) is 0 Å². The molecule has 2 rings (SSSR count). The Balaban J connectivity index is 0.00000264. The van der Waals surface area contributed by atoms with Gasteiger partial charge in [0, 0.05) is 33.5 Å². The molecular weight excluding hydrogens is 311 g/mol. The Bertz CT molecular complexity index is 537. The number of aliphatic carboxylic acids is 1. The van der Waals surface area contributed by atoms with Crippen molar-refractivity contribution in [3.05, 3.63) is 12.4 Å². The van der Waals surface area contributed by atoms with Crippen LogP contribution < -0.4 is 44.9 Å². The maximum atomic E-state index is 12.3. The van der Waals surface area contributed by atoms with Gasteiger partial charge in [0.1, 0.15) is 6.04 Å². The number of carboxylic acids is 1. The minimum Gasteiger partial charge on any atom is -0.548 e. The Kier molecular flexibility index (Phi) is 8.04. The standard InChI is InChI=1S/C14H22N4O4.Na/c1-17-9-10(8-16-17)18-11(4-5-12(18)14(20)21)13(19)15-6-3-7-22-2;/h8-9,11-12H,3-7H2,1-2H3,(H,15,19)(H,20,21);/q;+1/p-1. The van der Waals surface area contributed by atoms with Crippen molar-refractivity contribution < 1.29 is 49.0 Å². The van der Waals surface area contributed by atoms with Gasteiger partial charge in [-0.1, -0.05) is 0 Å². The van der Waals surface area contributed by atoms with E-state index in [1.807, 2.05) is 0 Å². The van der Waals surface area contributed by atoms with Crippen molar-refractivity contribution in [1.82, 2.24) is 15.1 Å². The third-order valence-electron chi connectivity index (χ3n) is 3.77. The maximum absolute atomic E-state index is 12.3. The number of methoxy groups -OCH3 is 1. The molecule has 0 spiro atoms. The molecule has 9 heteroatoms. The van der Waals surface area contributed by atoms with E-state index in [9.17, 15) is 14.7 Å². The summed E-state index contributed by atoms with van der Waals surface area (Å²) in [5.41, 5.74) is 0.617. The summed E-state index contributed by atoms with van der Waals surface area (Å²) in [4.78, 5) is 25.3. The van der Waals surface area contributed by atoms with Gasteiger partial charge < -0.3 is 24.9 Å². The SMILES string of the molecule is COCCCNC(=O)C1CCC(C(=O)[O-])N1c1cnn(C)c1.[Na+]. The summed E-state index contributed by atoms with van der Waals surface area (Å²) in [5, 5.41) is 18.2. The zero-order valence-electron chi connectivity index (χ0n) is 13.8. The summed E-state index contributed by atoms with van der Waals surface area (Å²) in [5.74, 6) is -1.35. The minimum absolute atomic E-state index is 0. The molecule has 23 heavy (non-hydrogen) atoms. The molecule has 0 saturated carbocycles. The Hall–Kier alpha value is -1.09. The summed E-state index contributed by atoms with van der Waals surface area (Å²) >= 11 is 0. The van der Waals surface area contributed by atoms with E-state index < -0.39 is 18.1 Å². The molecule has 2 unspecified atom stereocenters. The monoisotopic (exact) mass is 332 g/mol. The van der Waals surface area contributed by atoms with E-state index in [-0.39, 0.29) is 35.5 Å². The van der Waals surface area contributed by atoms with Crippen LogP contribution in [0.1, 0.15) is 19.3 Å². The van der Waals surface area contributed by atoms with E-state index in [1.165, 1.54) is 0 Å². The van der Waals surface area contributed by atoms with Crippen LogP contribution in [0.15, 0.2) is 12.4 Å². The van der Waals surface area contributed by atoms with Crippen LogP contribution in [0.25, 0.3) is 0 Å². The first-order valence-corrected chi connectivity index (χ1v) is 7.29. The van der Waals surface area contributed by atoms with Crippen LogP contribution in [-0.4, -0.2) is 54.0 Å². The van der Waals surface area contributed by atoms with Crippen LogP contribution in [-0.2, 0) is 21.4 Å². The smallest absolute Gasteiger partial charge is 0.548 e. The normalized spacial score (nSPS) is 20.2. The number of nitrogens with zero attached hydrogens (tertiary/aromatic N) is 3. The van der Waals surface area contributed by atoms with Gasteiger partial charge in [0.05, 0.1) is 23.9 Å². The van der Waals surface area contributed by atoms with Crippen molar-refractivity contribution >= 4 is 17.6 Å². The molecule has 2 atom stereocenters. The number of rotatable bonds is 7. The molecule has 1 aromatic heterocycles. The molecule has 1 aliphatic rings. The fraction of sp³-hybridized carbons (Fsp3) is 0.643. The molecule has 1 fully saturated rings. The number of ether oxygens (including phenoxy) is 1. The van der Waals surface area contributed by atoms with Gasteiger partial charge in [-0.3, -0.25) is 9.48 Å². The zero-order chi connectivity index (χ0) is 16.1. The number of carboxylic acid groups (broad SMARTS) is 1. The summed E-state index contributed by atoms with van der Waals surface area (Å²) < 4.78 is 6.51. The number of hydrogen-bond donors (Lipinski definition) is 1. The summed E-state index contributed by atoms with van der Waals surface area (Å²) in [6.45, 7) is 1.07. The summed E-state index contributed by atoms with van der Waals surface area (Å²) in [6.07, 6.45) is 4.84. The average molecular weight is 332 g/mol. The summed E-state index contributed by atoms with van der Waals surface area (Å²) in [6, 6.07) is -1.33. The summed E-state index contributed by atoms with van der Waals surface area (Å²) in [7, 11) is 3.35. The van der Waals surface area contributed by atoms with E-state index >= 15 is 0 Å². The number of hydrogen-bond acceptors (Lipinski definition) is 6. The van der Waals surface area contributed by atoms with Gasteiger partial charge in [0.2, 0.25) is 5.91 Å². The van der Waals surface area contributed by atoms with Crippen molar-refractivity contribution in [3.63, 3.8) is 0 Å². The molecule has 1 aliphatic heterocycles. The molecule has 2 heterocycles. The number of amides is 1. The number of carbonyl (C=O) groups is 2. The second-order valence-electron chi connectivity index (χ2n) is 5.34. The minimum atomic E-state index is -1.17. The van der Waals surface area contributed by atoms with Crippen molar-refractivity contribution in [1.29, 1.82) is 0 Å². The zero-order valence-corrected chi connectivity index (χ0v) is 15.8. The molecule has 0 radical (unpaired) electrons. The van der Waals surface area contributed by atoms with Gasteiger partial charge >= 0.3 is 29.6 Å². The molecule has 8 nitrogen and oxygen atoms in total. The largest absolute Gasteiger partial charge is 1.00 e. The van der Waals surface area contributed by atoms with E-state index in [4.69, 9.17) is 4.74 Å². The number of anilines is 1. The maximum Gasteiger partial charge on any atom is 1.00 e. The van der Waals surface area contributed by atoms with E-state index in [0.29, 0.717) is 38.1 Å². The topological polar surface area (TPSA) is 99.5 Å². The molecule has 1 aromatic rings. The van der Waals surface area contributed by atoms with Crippen LogP contribution >= 0.6 is 0 Å². The van der Waals surface area contributed by atoms with Gasteiger partial charge in [-0.2, -0.15) is 5.10 Å². The number of aryl methyl sites for hydroxylation is 1. The number of carbonyl (C=O) groups excluding carboxylic acids is 2. The van der Waals surface area contributed by atoms with E-state index in [2.05, 4.69) is 10.4 Å². The predicted molar refractivity (Wildman–Crippen MR) is 77.0 cm³/mol. The van der Waals surface area contributed by atoms with E-state index in [0.717, 1.165) is 0 Å². The van der Waals surface area contributed by atoms with Gasteiger partial charge in [-0.05, 0) is 19.3 Å². The van der Waals surface area contributed by atoms with Crippen LogP contribution in [0, 0.1) is 0 Å². The van der Waals surface area contributed by atoms with Gasteiger partial charge in [-0.25, -0.2) is 0 Å². The van der Waals surface area contributed by atoms with Crippen LogP contribution in [0.2, 0.25) is 0 Å². The first-order valence-electron chi connectivity index (χ1n) is 7.29. The van der Waals surface area contributed by atoms with Crippen molar-refractivity contribution in [2.45, 2.75) is 31.3 Å². The van der Waals surface area contributed by atoms with E-state index in [1.54, 1.807) is 36.1 Å². The molecule has 0 aromatic carbocycles. The van der Waals surface area contributed by atoms with Crippen LogP contribution in [0.3, 0.4) is 0 Å². The fourth-order valence-electron chi connectivity index (χ4n) is 2.75. The third-order valence-corrected chi connectivity index (χ3v) is 3.77. The first-order chi connectivity index (χ1) is 10.5. The molecule has 0 bridgehead atoms. The molecule has 1 N–H and O–H groups in total. The van der Waals surface area contributed by atoms with Crippen LogP contribution in [0.4, 0.5) is 5.69 Å². The third kappa shape index (κ3) is 4.94. The molecular formula is C14H21N4NaO4. The fourth-order valence-corrected chi connectivity index (χ4v) is 2.75. The average Bonchev–Trinajstić information content (AvgIpc) is 3.09. The number of nitrogens with one attached hydrogen (secondary N) is 1. The molecule has 122 valence electrons. The number of aromatic nitrogens is 2. The second kappa shape index (κ2) is 9.27. The van der Waals surface area contributed by atoms with Crippen molar-refractivity contribution in [2.24, 2.45) is 7.05 Å². The van der Waals surface area contributed by atoms with Gasteiger partial charge in [0.25, 0.3) is 0 Å². The predicted octanol–water partition coefficient (Wildman–Crippen LogP) is -4.34. The van der Waals surface area contributed by atoms with Crippen molar-refractivity contribution in [3.8, 4) is 0 Å². The molecule has 1 saturated heterocycles. The quantitative estimate of drug-likeness (QED) is 0.400. The van der Waals surface area contributed by atoms with Crippen molar-refractivity contribution in [2.75, 3.05) is 25.2 Å². The first kappa shape index (κ1) is 20.0. The Morgan fingerprint density at radius 3 is 2.70 bits per heavy atom. The van der Waals surface area contributed by atoms with Gasteiger partial charge in [0.15, 0.2) is 0 Å². The Labute approximate surface area is 157 Å². The molecule has 0 aliphatic carbocycles. The Morgan fingerprint density at radius 1 is 1.43 bits per heavy atom. The second-order valence-corrected chi connectivity index (χ2v) is 5.34.